The SMILES string of the molecule is CC(C)(C)c1cccc(-c2ccc3c(c2)N(c2c(-c4ccccc4)cccc2-c2ccccc2)c2cc(-n4c5ccccc5c5cc(-n6c7ccccc7c7ccccc76)ccc54)cc4c2B3c2ccc(-n3c5ccc(C(C)(C)C)cc5c5cc(C(C)(C)C)ccc53)cc2N4c2cc(-c3ccccc3)cc(-c3ccccc3)c2)c1. The summed E-state index contributed by atoms with van der Waals surface area (Å²) in [5.41, 5.74) is 35.5. The molecule has 0 atom stereocenters. The summed E-state index contributed by atoms with van der Waals surface area (Å²) in [6.07, 6.45) is 0. The molecule has 0 radical (unpaired) electrons. The lowest BCUT2D eigenvalue weighted by atomic mass is 9.33. The van der Waals surface area contributed by atoms with E-state index < -0.39 is 0 Å². The minimum Gasteiger partial charge on any atom is -0.311 e. The zero-order valence-electron chi connectivity index (χ0n) is 65.9. The Bertz CT molecular complexity index is 6860. The van der Waals surface area contributed by atoms with Crippen LogP contribution < -0.4 is 26.2 Å². The van der Waals surface area contributed by atoms with E-state index in [1.54, 1.807) is 0 Å². The second-order valence-electron chi connectivity index (χ2n) is 34.5. The lowest BCUT2D eigenvalue weighted by molar-refractivity contribution is 0.590. The van der Waals surface area contributed by atoms with Crippen LogP contribution in [-0.2, 0) is 16.2 Å². The fourth-order valence-electron chi connectivity index (χ4n) is 18.7. The highest BCUT2D eigenvalue weighted by molar-refractivity contribution is 7.00. The van der Waals surface area contributed by atoms with Gasteiger partial charge in [0.1, 0.15) is 0 Å². The van der Waals surface area contributed by atoms with Crippen molar-refractivity contribution in [1.29, 1.82) is 0 Å². The van der Waals surface area contributed by atoms with Gasteiger partial charge in [-0.3, -0.25) is 0 Å². The number of anilines is 6. The molecule has 16 aromatic carbocycles. The maximum atomic E-state index is 2.70. The van der Waals surface area contributed by atoms with Crippen LogP contribution in [0, 0.1) is 0 Å². The van der Waals surface area contributed by atoms with Crippen molar-refractivity contribution < 1.29 is 0 Å². The fourth-order valence-corrected chi connectivity index (χ4v) is 18.7. The largest absolute Gasteiger partial charge is 0.311 e. The number of hydrogen-bond donors (Lipinski definition) is 0. The smallest absolute Gasteiger partial charge is 0.252 e. The van der Waals surface area contributed by atoms with Gasteiger partial charge in [0.25, 0.3) is 6.71 Å². The first-order valence-electron chi connectivity index (χ1n) is 40.2. The van der Waals surface area contributed by atoms with Crippen molar-refractivity contribution in [2.24, 2.45) is 0 Å². The van der Waals surface area contributed by atoms with Crippen molar-refractivity contribution in [2.75, 3.05) is 9.80 Å². The summed E-state index contributed by atoms with van der Waals surface area (Å²) in [6, 6.07) is 136. The highest BCUT2D eigenvalue weighted by Crippen LogP contribution is 2.54. The average molecular weight is 1460 g/mol. The third-order valence-corrected chi connectivity index (χ3v) is 24.4. The van der Waals surface area contributed by atoms with E-state index in [-0.39, 0.29) is 23.0 Å². The van der Waals surface area contributed by atoms with Crippen molar-refractivity contribution >= 4 is 123 Å². The van der Waals surface area contributed by atoms with Gasteiger partial charge in [-0.2, -0.15) is 0 Å². The minimum atomic E-state index is -0.269. The Labute approximate surface area is 667 Å². The molecule has 114 heavy (non-hydrogen) atoms. The van der Waals surface area contributed by atoms with Gasteiger partial charge in [0.05, 0.1) is 44.5 Å². The van der Waals surface area contributed by atoms with Crippen LogP contribution in [0.4, 0.5) is 34.1 Å². The number of hydrogen-bond acceptors (Lipinski definition) is 2. The van der Waals surface area contributed by atoms with E-state index in [9.17, 15) is 0 Å². The normalized spacial score (nSPS) is 12.9. The van der Waals surface area contributed by atoms with Crippen LogP contribution in [0.15, 0.2) is 358 Å². The zero-order valence-corrected chi connectivity index (χ0v) is 65.9. The van der Waals surface area contributed by atoms with Crippen LogP contribution in [0.5, 0.6) is 0 Å². The van der Waals surface area contributed by atoms with E-state index in [0.717, 1.165) is 112 Å². The fraction of sp³-hybridized carbons (Fsp3) is 0.111. The van der Waals surface area contributed by atoms with Crippen LogP contribution >= 0.6 is 0 Å². The van der Waals surface area contributed by atoms with Gasteiger partial charge in [0.15, 0.2) is 0 Å². The number of fused-ring (bicyclic) bond motifs is 13. The van der Waals surface area contributed by atoms with Gasteiger partial charge < -0.3 is 23.5 Å². The average Bonchev–Trinajstić information content (AvgIpc) is 0.888. The highest BCUT2D eigenvalue weighted by atomic mass is 15.2. The molecule has 2 aliphatic heterocycles. The summed E-state index contributed by atoms with van der Waals surface area (Å²) in [6.45, 7) is 20.7. The Kier molecular flexibility index (Phi) is 15.7. The molecule has 0 amide bonds. The summed E-state index contributed by atoms with van der Waals surface area (Å²) in [4.78, 5) is 5.37. The summed E-state index contributed by atoms with van der Waals surface area (Å²) in [5.74, 6) is 0. The number of para-hydroxylation sites is 4. The van der Waals surface area contributed by atoms with E-state index in [0.29, 0.717) is 0 Å². The standard InChI is InChI=1S/C108H86BN5/c1-106(2,3)77-39-28-38-73(59-77)74-48-53-92-100(62-74)114(105-84(71-34-18-12-19-35-71)43-29-44-85(105)72-36-20-13-21-37-72)103-68-83(112-96-47-27-24-42-88(96)91-65-80(52-57-99(91)112)110-94-45-25-22-40-86(94)87-41-23-26-46-95(87)110)67-102-104(103)109(92)93-54-51-81(111-97-55-49-78(107(4,5)6)63-89(97)90-64-79(108(7,8)9)50-56-98(90)111)66-101(93)113(102)82-60-75(69-30-14-10-15-31-69)58-76(61-82)70-32-16-11-17-33-70/h10-68H,1-9H3. The Balaban J connectivity index is 0.926. The highest BCUT2D eigenvalue weighted by Gasteiger charge is 2.46. The molecule has 0 unspecified atom stereocenters. The van der Waals surface area contributed by atoms with E-state index in [2.05, 4.69) is 444 Å². The second-order valence-corrected chi connectivity index (χ2v) is 34.5. The third kappa shape index (κ3) is 11.1. The van der Waals surface area contributed by atoms with Crippen LogP contribution in [0.25, 0.3) is 138 Å². The van der Waals surface area contributed by atoms with Crippen LogP contribution in [0.2, 0.25) is 0 Å². The van der Waals surface area contributed by atoms with Crippen molar-refractivity contribution in [3.05, 3.63) is 375 Å². The molecule has 546 valence electrons. The van der Waals surface area contributed by atoms with Gasteiger partial charge in [-0.1, -0.05) is 311 Å². The molecule has 5 nitrogen and oxygen atoms in total. The van der Waals surface area contributed by atoms with E-state index >= 15 is 0 Å². The monoisotopic (exact) mass is 1460 g/mol. The van der Waals surface area contributed by atoms with Gasteiger partial charge >= 0.3 is 0 Å². The lowest BCUT2D eigenvalue weighted by Gasteiger charge is -2.45. The number of rotatable bonds is 10. The molecule has 2 aliphatic rings. The summed E-state index contributed by atoms with van der Waals surface area (Å²) < 4.78 is 7.59. The quantitative estimate of drug-likeness (QED) is 0.127. The summed E-state index contributed by atoms with van der Waals surface area (Å²) >= 11 is 0. The van der Waals surface area contributed by atoms with Crippen molar-refractivity contribution in [2.45, 2.75) is 78.6 Å². The molecule has 19 aromatic rings. The first-order chi connectivity index (χ1) is 55.4. The molecule has 0 fully saturated rings. The molecule has 0 saturated carbocycles. The maximum Gasteiger partial charge on any atom is 0.252 e. The first kappa shape index (κ1) is 68.6. The van der Waals surface area contributed by atoms with Crippen LogP contribution in [-0.4, -0.2) is 20.4 Å². The number of nitrogens with zero attached hydrogens (tertiary/aromatic N) is 5. The predicted molar refractivity (Wildman–Crippen MR) is 487 cm³/mol. The molecule has 21 rings (SSSR count). The van der Waals surface area contributed by atoms with Crippen LogP contribution in [0.1, 0.15) is 79.0 Å². The van der Waals surface area contributed by atoms with E-state index in [1.165, 1.54) is 93.0 Å². The molecule has 6 heteroatoms. The Morgan fingerprint density at radius 2 is 0.579 bits per heavy atom. The molecule has 5 heterocycles. The molecule has 0 N–H and O–H groups in total. The molecular formula is C108H86BN5. The molecular weight excluding hydrogens is 1380 g/mol. The van der Waals surface area contributed by atoms with E-state index in [1.807, 2.05) is 0 Å². The number of benzene rings is 16. The van der Waals surface area contributed by atoms with Crippen LogP contribution in [0.3, 0.4) is 0 Å². The van der Waals surface area contributed by atoms with Gasteiger partial charge in [0.2, 0.25) is 0 Å². The summed E-state index contributed by atoms with van der Waals surface area (Å²) in [5, 5.41) is 7.33. The minimum absolute atomic E-state index is 0.0694. The van der Waals surface area contributed by atoms with Crippen molar-refractivity contribution in [3.8, 4) is 72.7 Å². The summed E-state index contributed by atoms with van der Waals surface area (Å²) in [7, 11) is 0. The predicted octanol–water partition coefficient (Wildman–Crippen LogP) is 27.3. The second kappa shape index (κ2) is 26.1. The topological polar surface area (TPSA) is 21.3 Å². The third-order valence-electron chi connectivity index (χ3n) is 24.4. The lowest BCUT2D eigenvalue weighted by Crippen LogP contribution is -2.61. The van der Waals surface area contributed by atoms with E-state index in [4.69, 9.17) is 0 Å². The van der Waals surface area contributed by atoms with Crippen molar-refractivity contribution in [3.63, 3.8) is 0 Å². The molecule has 0 bridgehead atoms. The van der Waals surface area contributed by atoms with Crippen molar-refractivity contribution in [1.82, 2.24) is 13.7 Å². The van der Waals surface area contributed by atoms with Gasteiger partial charge in [0, 0.05) is 83.3 Å². The maximum absolute atomic E-state index is 2.70. The Morgan fingerprint density at radius 3 is 1.10 bits per heavy atom. The number of aromatic nitrogens is 3. The molecule has 0 saturated heterocycles. The molecule has 0 spiro atoms. The molecule has 3 aromatic heterocycles. The van der Waals surface area contributed by atoms with Gasteiger partial charge in [-0.25, -0.2) is 0 Å². The zero-order chi connectivity index (χ0) is 77.0. The Morgan fingerprint density at radius 1 is 0.211 bits per heavy atom. The molecule has 0 aliphatic carbocycles. The Hall–Kier alpha value is -13.4. The van der Waals surface area contributed by atoms with Gasteiger partial charge in [-0.05, 0) is 203 Å². The first-order valence-corrected chi connectivity index (χ1v) is 40.2. The van der Waals surface area contributed by atoms with Gasteiger partial charge in [-0.15, -0.1) is 0 Å².